The van der Waals surface area contributed by atoms with Gasteiger partial charge in [-0.05, 0) is 13.8 Å². The molecule has 0 heterocycles. The van der Waals surface area contributed by atoms with E-state index in [1.54, 1.807) is 20.3 Å². The van der Waals surface area contributed by atoms with Crippen LogP contribution < -0.4 is 10.6 Å². The van der Waals surface area contributed by atoms with E-state index in [2.05, 4.69) is 10.6 Å². The van der Waals surface area contributed by atoms with E-state index in [0.29, 0.717) is 19.7 Å². The highest BCUT2D eigenvalue weighted by atomic mass is 32.2. The number of hydrogen-bond donors (Lipinski definition) is 2. The second-order valence-electron chi connectivity index (χ2n) is 3.72. The summed E-state index contributed by atoms with van der Waals surface area (Å²) in [5, 5.41) is 5.83. The molecule has 3 atom stereocenters. The monoisotopic (exact) mass is 250 g/mol. The molecule has 16 heavy (non-hydrogen) atoms. The highest BCUT2D eigenvalue weighted by Gasteiger charge is 2.13. The fraction of sp³-hybridized carbons (Fsp3) is 0.900. The van der Waals surface area contributed by atoms with Crippen molar-refractivity contribution in [2.45, 2.75) is 25.1 Å². The smallest absolute Gasteiger partial charge is 0.236 e. The molecule has 0 aliphatic carbocycles. The van der Waals surface area contributed by atoms with Gasteiger partial charge >= 0.3 is 0 Å². The number of nitrogens with one attached hydrogen (secondary N) is 2. The lowest BCUT2D eigenvalue weighted by Gasteiger charge is -2.16. The minimum Gasteiger partial charge on any atom is -0.383 e. The van der Waals surface area contributed by atoms with E-state index in [1.165, 1.54) is 0 Å². The van der Waals surface area contributed by atoms with Crippen LogP contribution in [0.25, 0.3) is 0 Å². The molecule has 0 bridgehead atoms. The lowest BCUT2D eigenvalue weighted by molar-refractivity contribution is -0.122. The molecule has 0 aromatic rings. The molecule has 2 N–H and O–H groups in total. The van der Waals surface area contributed by atoms with Crippen molar-refractivity contribution in [3.63, 3.8) is 0 Å². The third-order valence-electron chi connectivity index (χ3n) is 2.28. The van der Waals surface area contributed by atoms with Crippen molar-refractivity contribution in [1.29, 1.82) is 0 Å². The highest BCUT2D eigenvalue weighted by molar-refractivity contribution is 7.84. The number of ether oxygens (including phenoxy) is 1. The molecule has 0 saturated carbocycles. The van der Waals surface area contributed by atoms with Gasteiger partial charge in [-0.3, -0.25) is 9.00 Å². The van der Waals surface area contributed by atoms with Gasteiger partial charge < -0.3 is 15.4 Å². The molecule has 96 valence electrons. The Labute approximate surface area is 99.8 Å². The molecule has 5 nitrogen and oxygen atoms in total. The second kappa shape index (κ2) is 8.66. The van der Waals surface area contributed by atoms with E-state index in [4.69, 9.17) is 4.74 Å². The Balaban J connectivity index is 3.74. The Morgan fingerprint density at radius 2 is 2.06 bits per heavy atom. The summed E-state index contributed by atoms with van der Waals surface area (Å²) in [6, 6.07) is -0.275. The summed E-state index contributed by atoms with van der Waals surface area (Å²) in [5.41, 5.74) is 0. The standard InChI is InChI=1S/C10H22N2O3S/c1-8(16(4)14)7-12-9(2)10(13)11-5-6-15-3/h8-9,12H,5-7H2,1-4H3,(H,11,13). The Bertz CT molecular complexity index is 236. The molecule has 0 fully saturated rings. The van der Waals surface area contributed by atoms with E-state index in [0.717, 1.165) is 0 Å². The van der Waals surface area contributed by atoms with Gasteiger partial charge in [0.2, 0.25) is 5.91 Å². The zero-order valence-corrected chi connectivity index (χ0v) is 11.2. The first-order valence-electron chi connectivity index (χ1n) is 5.31. The fourth-order valence-corrected chi connectivity index (χ4v) is 1.31. The van der Waals surface area contributed by atoms with Crippen LogP contribution in [0.15, 0.2) is 0 Å². The Kier molecular flexibility index (Phi) is 8.42. The maximum absolute atomic E-state index is 11.5. The van der Waals surface area contributed by atoms with Crippen molar-refractivity contribution >= 4 is 16.7 Å². The fourth-order valence-electron chi connectivity index (χ4n) is 0.982. The molecular weight excluding hydrogens is 228 g/mol. The van der Waals surface area contributed by atoms with Crippen molar-refractivity contribution in [3.8, 4) is 0 Å². The summed E-state index contributed by atoms with van der Waals surface area (Å²) in [6.45, 7) is 5.26. The van der Waals surface area contributed by atoms with Gasteiger partial charge in [0.1, 0.15) is 0 Å². The van der Waals surface area contributed by atoms with Crippen molar-refractivity contribution < 1.29 is 13.7 Å². The van der Waals surface area contributed by atoms with Crippen LogP contribution in [0, 0.1) is 0 Å². The third-order valence-corrected chi connectivity index (χ3v) is 3.58. The largest absolute Gasteiger partial charge is 0.383 e. The average molecular weight is 250 g/mol. The van der Waals surface area contributed by atoms with Gasteiger partial charge in [0.25, 0.3) is 0 Å². The van der Waals surface area contributed by atoms with Crippen molar-refractivity contribution in [2.24, 2.45) is 0 Å². The van der Waals surface area contributed by atoms with Crippen LogP contribution in [0.4, 0.5) is 0 Å². The average Bonchev–Trinajstić information content (AvgIpc) is 2.25. The first-order valence-corrected chi connectivity index (χ1v) is 6.93. The molecule has 0 rings (SSSR count). The van der Waals surface area contributed by atoms with Gasteiger partial charge in [0, 0.05) is 42.5 Å². The lowest BCUT2D eigenvalue weighted by Crippen LogP contribution is -2.45. The maximum Gasteiger partial charge on any atom is 0.236 e. The van der Waals surface area contributed by atoms with Crippen LogP contribution in [0.1, 0.15) is 13.8 Å². The SMILES string of the molecule is COCCNC(=O)C(C)NCC(C)S(C)=O. The predicted molar refractivity (Wildman–Crippen MR) is 65.9 cm³/mol. The first-order chi connectivity index (χ1) is 7.49. The Morgan fingerprint density at radius 1 is 1.44 bits per heavy atom. The number of carbonyl (C=O) groups excluding carboxylic acids is 1. The normalized spacial score (nSPS) is 16.5. The van der Waals surface area contributed by atoms with E-state index in [9.17, 15) is 9.00 Å². The number of hydrogen-bond acceptors (Lipinski definition) is 4. The second-order valence-corrected chi connectivity index (χ2v) is 5.52. The first kappa shape index (κ1) is 15.5. The van der Waals surface area contributed by atoms with Crippen molar-refractivity contribution in [2.75, 3.05) is 33.1 Å². The van der Waals surface area contributed by atoms with Crippen LogP contribution in [0.5, 0.6) is 0 Å². The van der Waals surface area contributed by atoms with Crippen LogP contribution in [0.3, 0.4) is 0 Å². The molecule has 3 unspecified atom stereocenters. The molecule has 0 saturated heterocycles. The molecular formula is C10H22N2O3S. The highest BCUT2D eigenvalue weighted by Crippen LogP contribution is 1.91. The summed E-state index contributed by atoms with van der Waals surface area (Å²) < 4.78 is 15.9. The number of rotatable bonds is 8. The molecule has 0 aromatic heterocycles. The summed E-state index contributed by atoms with van der Waals surface area (Å²) in [7, 11) is 0.728. The van der Waals surface area contributed by atoms with Crippen molar-refractivity contribution in [3.05, 3.63) is 0 Å². The van der Waals surface area contributed by atoms with Crippen LogP contribution >= 0.6 is 0 Å². The summed E-state index contributed by atoms with van der Waals surface area (Å²) in [6.07, 6.45) is 1.66. The molecule has 6 heteroatoms. The lowest BCUT2D eigenvalue weighted by atomic mass is 10.3. The molecule has 1 amide bonds. The molecule has 0 spiro atoms. The Morgan fingerprint density at radius 3 is 2.56 bits per heavy atom. The molecule has 0 radical (unpaired) electrons. The van der Waals surface area contributed by atoms with Crippen molar-refractivity contribution in [1.82, 2.24) is 10.6 Å². The topological polar surface area (TPSA) is 67.4 Å². The molecule has 0 aliphatic heterocycles. The van der Waals surface area contributed by atoms with Crippen LogP contribution in [-0.2, 0) is 20.3 Å². The van der Waals surface area contributed by atoms with Gasteiger partial charge in [-0.25, -0.2) is 0 Å². The van der Waals surface area contributed by atoms with Gasteiger partial charge in [0.15, 0.2) is 0 Å². The zero-order valence-electron chi connectivity index (χ0n) is 10.4. The number of carbonyl (C=O) groups is 1. The predicted octanol–water partition coefficient (Wildman–Crippen LogP) is -0.506. The van der Waals surface area contributed by atoms with Crippen LogP contribution in [-0.4, -0.2) is 54.5 Å². The third kappa shape index (κ3) is 6.92. The van der Waals surface area contributed by atoms with Gasteiger partial charge in [-0.2, -0.15) is 0 Å². The number of amides is 1. The van der Waals surface area contributed by atoms with E-state index in [-0.39, 0.29) is 17.2 Å². The zero-order chi connectivity index (χ0) is 12.6. The van der Waals surface area contributed by atoms with Gasteiger partial charge in [-0.15, -0.1) is 0 Å². The minimum absolute atomic E-state index is 0.0502. The minimum atomic E-state index is -0.861. The van der Waals surface area contributed by atoms with Gasteiger partial charge in [0.05, 0.1) is 12.6 Å². The number of methoxy groups -OCH3 is 1. The van der Waals surface area contributed by atoms with Crippen LogP contribution in [0.2, 0.25) is 0 Å². The molecule has 0 aromatic carbocycles. The maximum atomic E-state index is 11.5. The summed E-state index contributed by atoms with van der Waals surface area (Å²) >= 11 is 0. The summed E-state index contributed by atoms with van der Waals surface area (Å²) in [4.78, 5) is 11.5. The van der Waals surface area contributed by atoms with Gasteiger partial charge in [-0.1, -0.05) is 0 Å². The van der Waals surface area contributed by atoms with E-state index in [1.807, 2.05) is 6.92 Å². The Hall–Kier alpha value is -0.460. The van der Waals surface area contributed by atoms with E-state index >= 15 is 0 Å². The van der Waals surface area contributed by atoms with E-state index < -0.39 is 10.8 Å². The summed E-state index contributed by atoms with van der Waals surface area (Å²) in [5.74, 6) is -0.0638. The molecule has 0 aliphatic rings. The quantitative estimate of drug-likeness (QED) is 0.570.